The summed E-state index contributed by atoms with van der Waals surface area (Å²) in [5.74, 6) is 3.20. The first-order valence-corrected chi connectivity index (χ1v) is 9.88. The maximum atomic E-state index is 12.2. The van der Waals surface area contributed by atoms with Gasteiger partial charge in [-0.25, -0.2) is 4.79 Å². The number of ether oxygens (including phenoxy) is 1. The number of hydrogen-bond donors (Lipinski definition) is 1. The molecule has 0 saturated carbocycles. The van der Waals surface area contributed by atoms with E-state index in [0.717, 1.165) is 12.8 Å². The molecule has 0 amide bonds. The summed E-state index contributed by atoms with van der Waals surface area (Å²) in [6.45, 7) is 8.85. The van der Waals surface area contributed by atoms with Crippen molar-refractivity contribution in [2.24, 2.45) is 22.4 Å². The molecule has 1 atom stereocenters. The summed E-state index contributed by atoms with van der Waals surface area (Å²) in [5.41, 5.74) is 0.815. The molecule has 5 heteroatoms. The number of hydrogen-bond acceptors (Lipinski definition) is 5. The fourth-order valence-corrected chi connectivity index (χ4v) is 3.44. The molecule has 0 aliphatic carbocycles. The van der Waals surface area contributed by atoms with Crippen molar-refractivity contribution >= 4 is 12.2 Å². The van der Waals surface area contributed by atoms with Gasteiger partial charge in [0.1, 0.15) is 6.61 Å². The van der Waals surface area contributed by atoms with Crippen LogP contribution in [0.25, 0.3) is 0 Å². The summed E-state index contributed by atoms with van der Waals surface area (Å²) in [6.07, 6.45) is 14.1. The van der Waals surface area contributed by atoms with E-state index in [-0.39, 0.29) is 12.4 Å². The molecule has 1 N–H and O–H groups in total. The Kier molecular flexibility index (Phi) is 10.2. The predicted molar refractivity (Wildman–Crippen MR) is 111 cm³/mol. The van der Waals surface area contributed by atoms with Gasteiger partial charge in [0.2, 0.25) is 5.76 Å². The number of carbonyl (C=O) groups excluding carboxylic acids is 1. The lowest BCUT2D eigenvalue weighted by molar-refractivity contribution is 0.0329. The standard InChI is InChI=1S/C23H33NO4/c1-6-7-8-13-23(16-24-26,14-9-11-20(18(2)3)19(4)5)17-28-22(25)21-12-10-15-27-21/h1,10-12,15-16,18-19,26H,7-9,13-14,17H2,2-5H3/b24-16+/t23-/m1/s1. The Bertz CT molecular complexity index is 670. The van der Waals surface area contributed by atoms with Crippen molar-refractivity contribution in [1.82, 2.24) is 0 Å². The van der Waals surface area contributed by atoms with Crippen molar-refractivity contribution in [3.8, 4) is 12.3 Å². The lowest BCUT2D eigenvalue weighted by Gasteiger charge is -2.29. The van der Waals surface area contributed by atoms with Crippen LogP contribution in [0.5, 0.6) is 0 Å². The highest BCUT2D eigenvalue weighted by Gasteiger charge is 2.30. The van der Waals surface area contributed by atoms with Crippen LogP contribution in [-0.2, 0) is 4.74 Å². The van der Waals surface area contributed by atoms with E-state index in [0.29, 0.717) is 31.1 Å². The summed E-state index contributed by atoms with van der Waals surface area (Å²) in [5, 5.41) is 12.5. The highest BCUT2D eigenvalue weighted by atomic mass is 16.5. The van der Waals surface area contributed by atoms with Gasteiger partial charge in [-0.05, 0) is 49.7 Å². The number of allylic oxidation sites excluding steroid dienone is 2. The molecule has 0 radical (unpaired) electrons. The van der Waals surface area contributed by atoms with E-state index in [1.165, 1.54) is 18.1 Å². The lowest BCUT2D eigenvalue weighted by Crippen LogP contribution is -2.30. The van der Waals surface area contributed by atoms with Crippen LogP contribution in [0.15, 0.2) is 39.6 Å². The number of furan rings is 1. The summed E-state index contributed by atoms with van der Waals surface area (Å²) in [6, 6.07) is 3.19. The summed E-state index contributed by atoms with van der Waals surface area (Å²) in [4.78, 5) is 12.2. The first kappa shape index (κ1) is 23.6. The predicted octanol–water partition coefficient (Wildman–Crippen LogP) is 5.70. The van der Waals surface area contributed by atoms with E-state index in [1.807, 2.05) is 0 Å². The minimum Gasteiger partial charge on any atom is -0.459 e. The average Bonchev–Trinajstić information content (AvgIpc) is 3.18. The molecule has 5 nitrogen and oxygen atoms in total. The van der Waals surface area contributed by atoms with Gasteiger partial charge in [-0.2, -0.15) is 0 Å². The number of unbranched alkanes of at least 4 members (excludes halogenated alkanes) is 1. The highest BCUT2D eigenvalue weighted by Crippen LogP contribution is 2.31. The third-order valence-corrected chi connectivity index (χ3v) is 4.90. The van der Waals surface area contributed by atoms with Crippen LogP contribution < -0.4 is 0 Å². The fraction of sp³-hybridized carbons (Fsp3) is 0.565. The molecule has 0 aliphatic rings. The van der Waals surface area contributed by atoms with Crippen LogP contribution in [-0.4, -0.2) is 24.0 Å². The third kappa shape index (κ3) is 7.64. The fourth-order valence-electron chi connectivity index (χ4n) is 3.44. The summed E-state index contributed by atoms with van der Waals surface area (Å²) < 4.78 is 10.6. The SMILES string of the molecule is C#CCCC[C@](/C=N/O)(CCC=C(C(C)C)C(C)C)COC(=O)c1ccco1. The molecule has 1 aromatic rings. The lowest BCUT2D eigenvalue weighted by atomic mass is 9.79. The van der Waals surface area contributed by atoms with E-state index in [1.54, 1.807) is 12.1 Å². The van der Waals surface area contributed by atoms with Gasteiger partial charge in [0, 0.05) is 11.8 Å². The molecule has 0 spiro atoms. The molecule has 0 bridgehead atoms. The van der Waals surface area contributed by atoms with Crippen molar-refractivity contribution in [3.63, 3.8) is 0 Å². The minimum absolute atomic E-state index is 0.105. The largest absolute Gasteiger partial charge is 0.459 e. The zero-order valence-corrected chi connectivity index (χ0v) is 17.5. The zero-order valence-electron chi connectivity index (χ0n) is 17.5. The Morgan fingerprint density at radius 3 is 2.61 bits per heavy atom. The second-order valence-corrected chi connectivity index (χ2v) is 7.77. The quantitative estimate of drug-likeness (QED) is 0.0949. The number of rotatable bonds is 12. The summed E-state index contributed by atoms with van der Waals surface area (Å²) in [7, 11) is 0. The van der Waals surface area contributed by atoms with Crippen LogP contribution in [0.1, 0.15) is 70.4 Å². The van der Waals surface area contributed by atoms with E-state index in [4.69, 9.17) is 15.6 Å². The van der Waals surface area contributed by atoms with Crippen molar-refractivity contribution in [2.45, 2.75) is 59.8 Å². The van der Waals surface area contributed by atoms with Gasteiger partial charge in [0.15, 0.2) is 0 Å². The maximum absolute atomic E-state index is 12.2. The molecule has 0 aromatic carbocycles. The molecule has 154 valence electrons. The average molecular weight is 388 g/mol. The third-order valence-electron chi connectivity index (χ3n) is 4.90. The Balaban J connectivity index is 2.92. The van der Waals surface area contributed by atoms with Crippen molar-refractivity contribution in [3.05, 3.63) is 35.8 Å². The Hall–Kier alpha value is -2.48. The van der Waals surface area contributed by atoms with Gasteiger partial charge in [-0.15, -0.1) is 17.5 Å². The normalized spacial score (nSPS) is 13.5. The van der Waals surface area contributed by atoms with Crippen LogP contribution in [0.4, 0.5) is 0 Å². The van der Waals surface area contributed by atoms with Gasteiger partial charge in [-0.3, -0.25) is 0 Å². The van der Waals surface area contributed by atoms with Gasteiger partial charge in [0.25, 0.3) is 0 Å². The molecule has 0 unspecified atom stereocenters. The number of nitrogens with zero attached hydrogens (tertiary/aromatic N) is 1. The molecule has 28 heavy (non-hydrogen) atoms. The van der Waals surface area contributed by atoms with E-state index in [9.17, 15) is 10.0 Å². The molecule has 1 heterocycles. The van der Waals surface area contributed by atoms with Crippen LogP contribution in [0, 0.1) is 29.6 Å². The van der Waals surface area contributed by atoms with Crippen LogP contribution in [0.3, 0.4) is 0 Å². The molecule has 0 saturated heterocycles. The zero-order chi connectivity index (χ0) is 21.0. The van der Waals surface area contributed by atoms with Crippen LogP contribution in [0.2, 0.25) is 0 Å². The minimum atomic E-state index is -0.580. The van der Waals surface area contributed by atoms with Crippen molar-refractivity contribution in [2.75, 3.05) is 6.61 Å². The Labute approximate surface area is 168 Å². The Morgan fingerprint density at radius 1 is 1.36 bits per heavy atom. The van der Waals surface area contributed by atoms with E-state index >= 15 is 0 Å². The second kappa shape index (κ2) is 12.1. The molecular formula is C23H33NO4. The maximum Gasteiger partial charge on any atom is 0.374 e. The van der Waals surface area contributed by atoms with Crippen molar-refractivity contribution in [1.29, 1.82) is 0 Å². The molecule has 0 aliphatic heterocycles. The number of esters is 1. The second-order valence-electron chi connectivity index (χ2n) is 7.77. The van der Waals surface area contributed by atoms with Crippen LogP contribution >= 0.6 is 0 Å². The number of oxime groups is 1. The first-order valence-electron chi connectivity index (χ1n) is 9.88. The molecule has 0 fully saturated rings. The van der Waals surface area contributed by atoms with Gasteiger partial charge in [0.05, 0.1) is 12.5 Å². The van der Waals surface area contributed by atoms with E-state index < -0.39 is 11.4 Å². The number of terminal acetylenes is 1. The number of carbonyl (C=O) groups is 1. The smallest absolute Gasteiger partial charge is 0.374 e. The van der Waals surface area contributed by atoms with E-state index in [2.05, 4.69) is 44.8 Å². The van der Waals surface area contributed by atoms with Gasteiger partial charge >= 0.3 is 5.97 Å². The Morgan fingerprint density at radius 2 is 2.07 bits per heavy atom. The van der Waals surface area contributed by atoms with Gasteiger partial charge < -0.3 is 14.4 Å². The molecule has 1 aromatic heterocycles. The molecule has 1 rings (SSSR count). The summed E-state index contributed by atoms with van der Waals surface area (Å²) >= 11 is 0. The first-order chi connectivity index (χ1) is 13.3. The monoisotopic (exact) mass is 387 g/mol. The molecular weight excluding hydrogens is 354 g/mol. The van der Waals surface area contributed by atoms with Gasteiger partial charge in [-0.1, -0.05) is 39.3 Å². The topological polar surface area (TPSA) is 72.0 Å². The van der Waals surface area contributed by atoms with Crippen molar-refractivity contribution < 1.29 is 19.2 Å². The highest BCUT2D eigenvalue weighted by molar-refractivity contribution is 5.86.